The lowest BCUT2D eigenvalue weighted by molar-refractivity contribution is -0.155. The van der Waals surface area contributed by atoms with Gasteiger partial charge in [-0.15, -0.1) is 0 Å². The molecule has 1 saturated heterocycles. The first-order valence-corrected chi connectivity index (χ1v) is 16.0. The third kappa shape index (κ3) is 20.0. The van der Waals surface area contributed by atoms with Gasteiger partial charge in [0.05, 0.1) is 11.8 Å². The van der Waals surface area contributed by atoms with Crippen molar-refractivity contribution in [2.24, 2.45) is 17.8 Å². The van der Waals surface area contributed by atoms with E-state index in [4.69, 9.17) is 14.2 Å². The van der Waals surface area contributed by atoms with E-state index in [0.717, 1.165) is 51.5 Å². The zero-order valence-corrected chi connectivity index (χ0v) is 25.7. The van der Waals surface area contributed by atoms with Crippen molar-refractivity contribution in [2.45, 2.75) is 130 Å². The summed E-state index contributed by atoms with van der Waals surface area (Å²) in [5, 5.41) is 0. The first kappa shape index (κ1) is 35.4. The quantitative estimate of drug-likeness (QED) is 0.0716. The molecule has 0 N–H and O–H groups in total. The summed E-state index contributed by atoms with van der Waals surface area (Å²) in [6, 6.07) is 0. The Labute approximate surface area is 239 Å². The van der Waals surface area contributed by atoms with Crippen LogP contribution in [-0.4, -0.2) is 62.8 Å². The molecule has 0 aromatic heterocycles. The molecule has 0 radical (unpaired) electrons. The van der Waals surface area contributed by atoms with Gasteiger partial charge in [0.1, 0.15) is 19.8 Å². The van der Waals surface area contributed by atoms with E-state index in [1.54, 1.807) is 0 Å². The van der Waals surface area contributed by atoms with Crippen LogP contribution in [0.15, 0.2) is 0 Å². The van der Waals surface area contributed by atoms with E-state index >= 15 is 0 Å². The molecule has 0 aromatic carbocycles. The van der Waals surface area contributed by atoms with Crippen molar-refractivity contribution in [3.63, 3.8) is 0 Å². The van der Waals surface area contributed by atoms with E-state index in [1.807, 2.05) is 7.05 Å². The second-order valence-corrected chi connectivity index (χ2v) is 12.0. The van der Waals surface area contributed by atoms with Crippen LogP contribution in [0.5, 0.6) is 0 Å². The maximum atomic E-state index is 12.5. The average molecular weight is 554 g/mol. The number of hydrogen-bond acceptors (Lipinski definition) is 7. The molecular formula is C32H59NO6. The van der Waals surface area contributed by atoms with Crippen LogP contribution in [0, 0.1) is 17.8 Å². The molecule has 1 fully saturated rings. The smallest absolute Gasteiger partial charge is 0.310 e. The molecule has 0 aromatic rings. The topological polar surface area (TPSA) is 82.1 Å². The van der Waals surface area contributed by atoms with Gasteiger partial charge < -0.3 is 19.1 Å². The highest BCUT2D eigenvalue weighted by Crippen LogP contribution is 2.17. The molecule has 0 spiro atoms. The lowest BCUT2D eigenvalue weighted by Gasteiger charge is -2.19. The summed E-state index contributed by atoms with van der Waals surface area (Å²) in [4.78, 5) is 39.1. The van der Waals surface area contributed by atoms with Gasteiger partial charge >= 0.3 is 17.9 Å². The van der Waals surface area contributed by atoms with Crippen molar-refractivity contribution in [3.05, 3.63) is 0 Å². The first-order chi connectivity index (χ1) is 18.8. The van der Waals surface area contributed by atoms with Crippen molar-refractivity contribution in [3.8, 4) is 0 Å². The summed E-state index contributed by atoms with van der Waals surface area (Å²) < 4.78 is 16.5. The SMILES string of the molecule is CCCCCCCCCCCCCC(=O)OCC(COC(=O)CCCCC(C)C)COC(=O)C1CCN(C)C1. The minimum atomic E-state index is -0.353. The fourth-order valence-corrected chi connectivity index (χ4v) is 4.91. The zero-order valence-electron chi connectivity index (χ0n) is 25.7. The number of likely N-dealkylation sites (tertiary alicyclic amines) is 1. The van der Waals surface area contributed by atoms with E-state index < -0.39 is 0 Å². The van der Waals surface area contributed by atoms with Crippen LogP contribution in [0.2, 0.25) is 0 Å². The van der Waals surface area contributed by atoms with Crippen molar-refractivity contribution in [1.29, 1.82) is 0 Å². The number of unbranched alkanes of at least 4 members (excludes halogenated alkanes) is 11. The number of rotatable bonds is 24. The van der Waals surface area contributed by atoms with Crippen LogP contribution in [0.25, 0.3) is 0 Å². The Bertz CT molecular complexity index is 653. The summed E-state index contributed by atoms with van der Waals surface area (Å²) in [5.74, 6) is -0.563. The summed E-state index contributed by atoms with van der Waals surface area (Å²) in [6.45, 7) is 8.44. The molecule has 1 aliphatic heterocycles. The molecule has 1 aliphatic rings. The van der Waals surface area contributed by atoms with E-state index in [-0.39, 0.29) is 49.6 Å². The van der Waals surface area contributed by atoms with Crippen molar-refractivity contribution in [2.75, 3.05) is 40.0 Å². The largest absolute Gasteiger partial charge is 0.465 e. The Kier molecular flexibility index (Phi) is 21.0. The zero-order chi connectivity index (χ0) is 28.7. The van der Waals surface area contributed by atoms with Crippen LogP contribution in [-0.2, 0) is 28.6 Å². The molecular weight excluding hydrogens is 494 g/mol. The minimum Gasteiger partial charge on any atom is -0.465 e. The molecule has 2 unspecified atom stereocenters. The molecule has 2 atom stereocenters. The number of ether oxygens (including phenoxy) is 3. The highest BCUT2D eigenvalue weighted by molar-refractivity contribution is 5.73. The van der Waals surface area contributed by atoms with Crippen LogP contribution >= 0.6 is 0 Å². The van der Waals surface area contributed by atoms with Gasteiger partial charge in [-0.1, -0.05) is 97.8 Å². The normalized spacial score (nSPS) is 16.4. The van der Waals surface area contributed by atoms with Crippen LogP contribution in [0.1, 0.15) is 130 Å². The first-order valence-electron chi connectivity index (χ1n) is 16.0. The van der Waals surface area contributed by atoms with Gasteiger partial charge in [0.15, 0.2) is 0 Å². The van der Waals surface area contributed by atoms with Crippen molar-refractivity contribution < 1.29 is 28.6 Å². The lowest BCUT2D eigenvalue weighted by atomic mass is 10.1. The number of carbonyl (C=O) groups excluding carboxylic acids is 3. The maximum Gasteiger partial charge on any atom is 0.310 e. The van der Waals surface area contributed by atoms with Gasteiger partial charge in [0.2, 0.25) is 0 Å². The summed E-state index contributed by atoms with van der Waals surface area (Å²) in [7, 11) is 1.99. The predicted molar refractivity (Wildman–Crippen MR) is 156 cm³/mol. The molecule has 39 heavy (non-hydrogen) atoms. The van der Waals surface area contributed by atoms with Gasteiger partial charge in [0, 0.05) is 19.4 Å². The Balaban J connectivity index is 2.28. The van der Waals surface area contributed by atoms with Crippen LogP contribution in [0.4, 0.5) is 0 Å². The highest BCUT2D eigenvalue weighted by atomic mass is 16.6. The molecule has 228 valence electrons. The molecule has 1 heterocycles. The van der Waals surface area contributed by atoms with Crippen molar-refractivity contribution >= 4 is 17.9 Å². The number of hydrogen-bond donors (Lipinski definition) is 0. The monoisotopic (exact) mass is 553 g/mol. The summed E-state index contributed by atoms with van der Waals surface area (Å²) in [6.07, 6.45) is 18.0. The van der Waals surface area contributed by atoms with Crippen molar-refractivity contribution in [1.82, 2.24) is 4.90 Å². The number of carbonyl (C=O) groups is 3. The van der Waals surface area contributed by atoms with E-state index in [0.29, 0.717) is 25.3 Å². The highest BCUT2D eigenvalue weighted by Gasteiger charge is 2.28. The fourth-order valence-electron chi connectivity index (χ4n) is 4.91. The van der Waals surface area contributed by atoms with Crippen LogP contribution < -0.4 is 0 Å². The third-order valence-corrected chi connectivity index (χ3v) is 7.54. The number of nitrogens with zero attached hydrogens (tertiary/aromatic N) is 1. The Morgan fingerprint density at radius 2 is 1.21 bits per heavy atom. The van der Waals surface area contributed by atoms with E-state index in [1.165, 1.54) is 51.4 Å². The molecule has 1 rings (SSSR count). The van der Waals surface area contributed by atoms with Gasteiger partial charge in [-0.3, -0.25) is 14.4 Å². The minimum absolute atomic E-state index is 0.0887. The second-order valence-electron chi connectivity index (χ2n) is 12.0. The molecule has 7 heteroatoms. The van der Waals surface area contributed by atoms with Gasteiger partial charge in [0.25, 0.3) is 0 Å². The third-order valence-electron chi connectivity index (χ3n) is 7.54. The van der Waals surface area contributed by atoms with Gasteiger partial charge in [-0.05, 0) is 38.8 Å². The Morgan fingerprint density at radius 3 is 1.69 bits per heavy atom. The average Bonchev–Trinajstić information content (AvgIpc) is 3.35. The summed E-state index contributed by atoms with van der Waals surface area (Å²) >= 11 is 0. The number of esters is 3. The van der Waals surface area contributed by atoms with Gasteiger partial charge in [-0.25, -0.2) is 0 Å². The summed E-state index contributed by atoms with van der Waals surface area (Å²) in [5.41, 5.74) is 0. The maximum absolute atomic E-state index is 12.5. The standard InChI is InChI=1S/C32H59NO6/c1-5-6-7-8-9-10-11-12-13-14-15-19-30(34)37-24-28(25-38-31(35)20-17-16-18-27(2)3)26-39-32(36)29-21-22-33(4)23-29/h27-29H,5-26H2,1-4H3. The fraction of sp³-hybridized carbons (Fsp3) is 0.906. The lowest BCUT2D eigenvalue weighted by Crippen LogP contribution is -2.29. The predicted octanol–water partition coefficient (Wildman–Crippen LogP) is 7.10. The Hall–Kier alpha value is -1.63. The second kappa shape index (κ2) is 23.1. The molecule has 0 amide bonds. The Morgan fingerprint density at radius 1 is 0.718 bits per heavy atom. The molecule has 0 aliphatic carbocycles. The molecule has 0 bridgehead atoms. The van der Waals surface area contributed by atoms with E-state index in [2.05, 4.69) is 25.7 Å². The molecule has 7 nitrogen and oxygen atoms in total. The van der Waals surface area contributed by atoms with Gasteiger partial charge in [-0.2, -0.15) is 0 Å². The molecule has 0 saturated carbocycles. The van der Waals surface area contributed by atoms with E-state index in [9.17, 15) is 14.4 Å². The van der Waals surface area contributed by atoms with Crippen LogP contribution in [0.3, 0.4) is 0 Å².